The lowest BCUT2D eigenvalue weighted by Gasteiger charge is -2.43. The van der Waals surface area contributed by atoms with E-state index >= 15 is 0 Å². The van der Waals surface area contributed by atoms with Crippen LogP contribution in [-0.2, 0) is 9.74 Å². The smallest absolute Gasteiger partial charge is 0.377 e. The molecule has 0 aromatic rings. The van der Waals surface area contributed by atoms with Crippen molar-refractivity contribution in [2.24, 2.45) is 0 Å². The Morgan fingerprint density at radius 2 is 1.67 bits per heavy atom. The molecule has 0 saturated carbocycles. The second kappa shape index (κ2) is 3.51. The van der Waals surface area contributed by atoms with Gasteiger partial charge in [0.05, 0.1) is 0 Å². The molecule has 1 rings (SSSR count). The fourth-order valence-corrected chi connectivity index (χ4v) is 1.28. The van der Waals surface area contributed by atoms with E-state index in [1.165, 1.54) is 0 Å². The highest BCUT2D eigenvalue weighted by Crippen LogP contribution is 2.56. The quantitative estimate of drug-likeness (QED) is 0.660. The van der Waals surface area contributed by atoms with Crippen LogP contribution >= 0.6 is 0 Å². The summed E-state index contributed by atoms with van der Waals surface area (Å²) in [7, 11) is 0. The van der Waals surface area contributed by atoms with Gasteiger partial charge in [-0.1, -0.05) is 0 Å². The average molecular weight is 282 g/mol. The van der Waals surface area contributed by atoms with Crippen molar-refractivity contribution in [1.82, 2.24) is 0 Å². The van der Waals surface area contributed by atoms with Gasteiger partial charge in [-0.2, -0.15) is 17.6 Å². The maximum absolute atomic E-state index is 13.4. The predicted octanol–water partition coefficient (Wildman–Crippen LogP) is 1.10. The molecule has 3 unspecified atom stereocenters. The molecule has 3 N–H and O–H groups in total. The highest BCUT2D eigenvalue weighted by molar-refractivity contribution is 5.82. The summed E-state index contributed by atoms with van der Waals surface area (Å²) in [6.07, 6.45) is -0.994. The topological polar surface area (TPSA) is 87.0 Å². The van der Waals surface area contributed by atoms with Crippen molar-refractivity contribution in [1.29, 1.82) is 0 Å². The largest absolute Gasteiger partial charge is 0.506 e. The molecule has 0 spiro atoms. The van der Waals surface area contributed by atoms with Crippen molar-refractivity contribution in [3.05, 3.63) is 11.8 Å². The Balaban J connectivity index is 3.68. The highest BCUT2D eigenvalue weighted by atomic mass is 19.3. The molecule has 0 radical (unpaired) electrons. The van der Waals surface area contributed by atoms with Crippen molar-refractivity contribution in [2.45, 2.75) is 23.3 Å². The van der Waals surface area contributed by atoms with Gasteiger partial charge in [0.2, 0.25) is 0 Å². The molecule has 0 amide bonds. The van der Waals surface area contributed by atoms with Crippen LogP contribution in [0.1, 0.15) is 0 Å². The molecule has 0 aromatic heterocycles. The Hall–Kier alpha value is -1.49. The van der Waals surface area contributed by atoms with Crippen LogP contribution in [0, 0.1) is 0 Å². The minimum atomic E-state index is -6.02. The minimum Gasteiger partial charge on any atom is -0.506 e. The Labute approximate surface area is 93.8 Å². The van der Waals surface area contributed by atoms with E-state index < -0.39 is 41.1 Å². The van der Waals surface area contributed by atoms with Crippen molar-refractivity contribution < 1.29 is 51.5 Å². The first-order valence-electron chi connectivity index (χ1n) is 4.01. The molecular formula is C7H4F6O5. The molecule has 0 fully saturated rings. The molecule has 1 aliphatic carbocycles. The van der Waals surface area contributed by atoms with E-state index in [0.29, 0.717) is 0 Å². The number of hydrogen-bond donors (Lipinski definition) is 3. The SMILES string of the molecule is O=C(O)C1(F)C=C(O)C(O)(F)C(F)(OF)C1(F)F. The molecule has 18 heavy (non-hydrogen) atoms. The van der Waals surface area contributed by atoms with Crippen molar-refractivity contribution in [3.8, 4) is 0 Å². The van der Waals surface area contributed by atoms with Crippen LogP contribution in [0.25, 0.3) is 0 Å². The van der Waals surface area contributed by atoms with Gasteiger partial charge in [-0.3, -0.25) is 0 Å². The summed E-state index contributed by atoms with van der Waals surface area (Å²) in [6, 6.07) is 0. The van der Waals surface area contributed by atoms with Crippen molar-refractivity contribution in [3.63, 3.8) is 0 Å². The second-order valence-electron chi connectivity index (χ2n) is 3.42. The van der Waals surface area contributed by atoms with Gasteiger partial charge in [0.25, 0.3) is 5.67 Å². The lowest BCUT2D eigenvalue weighted by molar-refractivity contribution is -0.454. The number of aliphatic carboxylic acids is 1. The Kier molecular flexibility index (Phi) is 2.84. The second-order valence-corrected chi connectivity index (χ2v) is 3.42. The zero-order chi connectivity index (χ0) is 14.6. The summed E-state index contributed by atoms with van der Waals surface area (Å²) in [4.78, 5) is 12.2. The summed E-state index contributed by atoms with van der Waals surface area (Å²) in [6.45, 7) is 0. The fraction of sp³-hybridized carbons (Fsp3) is 0.571. The highest BCUT2D eigenvalue weighted by Gasteiger charge is 2.85. The molecule has 0 bridgehead atoms. The number of carboxylic acid groups (broad SMARTS) is 1. The molecule has 5 nitrogen and oxygen atoms in total. The van der Waals surface area contributed by atoms with Crippen LogP contribution in [-0.4, -0.2) is 44.6 Å². The van der Waals surface area contributed by atoms with E-state index in [0.717, 1.165) is 0 Å². The normalized spacial score (nSPS) is 43.4. The number of carboxylic acids is 1. The summed E-state index contributed by atoms with van der Waals surface area (Å²) in [5.74, 6) is -22.6. The van der Waals surface area contributed by atoms with Gasteiger partial charge in [-0.05, 0) is 4.53 Å². The number of halogens is 6. The number of alkyl halides is 5. The zero-order valence-electron chi connectivity index (χ0n) is 8.00. The van der Waals surface area contributed by atoms with Gasteiger partial charge >= 0.3 is 23.6 Å². The molecule has 0 heterocycles. The summed E-state index contributed by atoms with van der Waals surface area (Å²) in [5, 5.41) is 25.4. The van der Waals surface area contributed by atoms with Crippen LogP contribution in [0.15, 0.2) is 11.8 Å². The molecule has 104 valence electrons. The third kappa shape index (κ3) is 1.28. The molecule has 11 heteroatoms. The first kappa shape index (κ1) is 14.6. The first-order valence-corrected chi connectivity index (χ1v) is 4.01. The third-order valence-corrected chi connectivity index (χ3v) is 2.38. The number of aliphatic hydroxyl groups excluding tert-OH is 1. The zero-order valence-corrected chi connectivity index (χ0v) is 8.00. The van der Waals surface area contributed by atoms with Crippen molar-refractivity contribution in [2.75, 3.05) is 0 Å². The lowest BCUT2D eigenvalue weighted by atomic mass is 9.80. The molecule has 0 saturated heterocycles. The van der Waals surface area contributed by atoms with E-state index in [1.807, 2.05) is 4.94 Å². The maximum atomic E-state index is 13.4. The van der Waals surface area contributed by atoms with Gasteiger partial charge in [0.1, 0.15) is 0 Å². The van der Waals surface area contributed by atoms with Gasteiger partial charge in [0.15, 0.2) is 5.76 Å². The van der Waals surface area contributed by atoms with E-state index in [4.69, 9.17) is 15.3 Å². The van der Waals surface area contributed by atoms with E-state index in [-0.39, 0.29) is 0 Å². The molecular weight excluding hydrogens is 278 g/mol. The van der Waals surface area contributed by atoms with Gasteiger partial charge in [-0.15, -0.1) is 4.94 Å². The van der Waals surface area contributed by atoms with E-state index in [2.05, 4.69) is 0 Å². The van der Waals surface area contributed by atoms with Crippen LogP contribution < -0.4 is 0 Å². The lowest BCUT2D eigenvalue weighted by Crippen LogP contribution is -2.72. The molecule has 3 atom stereocenters. The minimum absolute atomic E-state index is 0.994. The van der Waals surface area contributed by atoms with Crippen molar-refractivity contribution >= 4 is 5.97 Å². The number of carbonyl (C=O) groups is 1. The first-order chi connectivity index (χ1) is 7.88. The number of hydrogen-bond acceptors (Lipinski definition) is 4. The van der Waals surface area contributed by atoms with Gasteiger partial charge < -0.3 is 15.3 Å². The maximum Gasteiger partial charge on any atom is 0.377 e. The Morgan fingerprint density at radius 3 is 2.00 bits per heavy atom. The van der Waals surface area contributed by atoms with Gasteiger partial charge in [0, 0.05) is 6.08 Å². The monoisotopic (exact) mass is 282 g/mol. The van der Waals surface area contributed by atoms with Crippen LogP contribution in [0.4, 0.5) is 26.5 Å². The van der Waals surface area contributed by atoms with Crippen LogP contribution in [0.3, 0.4) is 0 Å². The summed E-state index contributed by atoms with van der Waals surface area (Å²) in [5.41, 5.74) is -5.03. The number of rotatable bonds is 2. The molecule has 0 aliphatic heterocycles. The van der Waals surface area contributed by atoms with Crippen LogP contribution in [0.2, 0.25) is 0 Å². The van der Waals surface area contributed by atoms with E-state index in [1.54, 1.807) is 0 Å². The summed E-state index contributed by atoms with van der Waals surface area (Å²) >= 11 is 0. The Bertz CT molecular complexity index is 423. The molecule has 1 aliphatic rings. The summed E-state index contributed by atoms with van der Waals surface area (Å²) < 4.78 is 77.9. The van der Waals surface area contributed by atoms with E-state index in [9.17, 15) is 31.3 Å². The average Bonchev–Trinajstić information content (AvgIpc) is 2.24. The van der Waals surface area contributed by atoms with Crippen LogP contribution in [0.5, 0.6) is 0 Å². The Morgan fingerprint density at radius 1 is 1.22 bits per heavy atom. The standard InChI is InChI=1S/C7H4F6O5/c8-4(3(15)16)1-2(14)5(9,17)7(12,18-13)6(4,10)11/h1,14,17H,(H,15,16). The number of aliphatic hydroxyl groups is 2. The third-order valence-electron chi connectivity index (χ3n) is 2.38. The van der Waals surface area contributed by atoms with Gasteiger partial charge in [-0.25, -0.2) is 9.18 Å². The predicted molar refractivity (Wildman–Crippen MR) is 39.2 cm³/mol. The molecule has 0 aromatic carbocycles. The fourth-order valence-electron chi connectivity index (χ4n) is 1.28.